The van der Waals surface area contributed by atoms with Gasteiger partial charge in [-0.3, -0.25) is 14.7 Å². The number of amides is 1. The van der Waals surface area contributed by atoms with Crippen molar-refractivity contribution < 1.29 is 14.3 Å². The van der Waals surface area contributed by atoms with Crippen LogP contribution in [0.2, 0.25) is 0 Å². The van der Waals surface area contributed by atoms with Crippen LogP contribution in [0.1, 0.15) is 68.1 Å². The molecular formula is C28H33N5O3. The van der Waals surface area contributed by atoms with E-state index in [0.717, 1.165) is 37.7 Å². The second-order valence-corrected chi connectivity index (χ2v) is 10.3. The van der Waals surface area contributed by atoms with Crippen LogP contribution in [-0.2, 0) is 5.54 Å². The summed E-state index contributed by atoms with van der Waals surface area (Å²) in [6, 6.07) is 9.37. The minimum atomic E-state index is -0.0828. The molecule has 2 aromatic heterocycles. The Bertz CT molecular complexity index is 1250. The van der Waals surface area contributed by atoms with Crippen molar-refractivity contribution in [2.24, 2.45) is 5.92 Å². The molecule has 1 spiro atoms. The van der Waals surface area contributed by atoms with Crippen molar-refractivity contribution in [1.29, 1.82) is 0 Å². The number of benzene rings is 1. The van der Waals surface area contributed by atoms with E-state index in [-0.39, 0.29) is 17.5 Å². The normalized spacial score (nSPS) is 22.6. The lowest BCUT2D eigenvalue weighted by molar-refractivity contribution is 0.0314. The Kier molecular flexibility index (Phi) is 5.90. The number of hydrogen-bond acceptors (Lipinski definition) is 6. The molecule has 0 unspecified atom stereocenters. The third kappa shape index (κ3) is 3.57. The molecule has 2 aliphatic carbocycles. The van der Waals surface area contributed by atoms with E-state index in [9.17, 15) is 4.79 Å². The van der Waals surface area contributed by atoms with Crippen LogP contribution in [0.4, 0.5) is 5.95 Å². The lowest BCUT2D eigenvalue weighted by Gasteiger charge is -2.55. The predicted molar refractivity (Wildman–Crippen MR) is 136 cm³/mol. The molecular weight excluding hydrogens is 454 g/mol. The fourth-order valence-electron chi connectivity index (χ4n) is 6.82. The van der Waals surface area contributed by atoms with Crippen molar-refractivity contribution in [2.45, 2.75) is 69.4 Å². The zero-order valence-corrected chi connectivity index (χ0v) is 21.0. The van der Waals surface area contributed by atoms with Crippen molar-refractivity contribution >= 4 is 11.9 Å². The Morgan fingerprint density at radius 1 is 1.00 bits per heavy atom. The summed E-state index contributed by atoms with van der Waals surface area (Å²) in [5.74, 6) is 2.75. The van der Waals surface area contributed by atoms with Gasteiger partial charge in [-0.1, -0.05) is 32.1 Å². The number of ether oxygens (including phenoxy) is 2. The van der Waals surface area contributed by atoms with Crippen LogP contribution in [0.3, 0.4) is 0 Å². The highest BCUT2D eigenvalue weighted by molar-refractivity contribution is 6.06. The maximum Gasteiger partial charge on any atom is 0.261 e. The fraction of sp³-hybridized carbons (Fsp3) is 0.500. The smallest absolute Gasteiger partial charge is 0.261 e. The van der Waals surface area contributed by atoms with Gasteiger partial charge in [-0.05, 0) is 56.0 Å². The highest BCUT2D eigenvalue weighted by Crippen LogP contribution is 2.53. The summed E-state index contributed by atoms with van der Waals surface area (Å²) in [5, 5.41) is 5.10. The van der Waals surface area contributed by atoms with E-state index < -0.39 is 0 Å². The molecule has 8 heteroatoms. The van der Waals surface area contributed by atoms with E-state index in [1.165, 1.54) is 25.7 Å². The molecule has 3 aromatic rings. The first-order chi connectivity index (χ1) is 17.7. The molecule has 0 N–H and O–H groups in total. The second-order valence-electron chi connectivity index (χ2n) is 10.3. The molecule has 1 aromatic carbocycles. The lowest BCUT2D eigenvalue weighted by Crippen LogP contribution is -2.61. The molecule has 6 rings (SSSR count). The molecule has 8 nitrogen and oxygen atoms in total. The van der Waals surface area contributed by atoms with Gasteiger partial charge in [-0.2, -0.15) is 4.98 Å². The first-order valence-corrected chi connectivity index (χ1v) is 13.1. The minimum absolute atomic E-state index is 0.0649. The van der Waals surface area contributed by atoms with Gasteiger partial charge in [0.05, 0.1) is 19.8 Å². The molecule has 1 aliphatic heterocycles. The zero-order chi connectivity index (χ0) is 24.7. The molecule has 1 amide bonds. The molecule has 0 bridgehead atoms. The largest absolute Gasteiger partial charge is 0.493 e. The van der Waals surface area contributed by atoms with E-state index >= 15 is 0 Å². The fourth-order valence-corrected chi connectivity index (χ4v) is 6.82. The number of methoxy groups -OCH3 is 2. The van der Waals surface area contributed by atoms with Gasteiger partial charge in [0.15, 0.2) is 17.3 Å². The standard InChI is InChI=1S/C28H33N5O3/c1-35-23-13-12-19(17-24(23)36-2)26(34)32-22-11-5-4-10-21(22)28(14-6-3-7-15-28)33-27(32)30-25(31-33)20-9-8-16-29-18-20/h8-9,12-13,16-18,21-22H,3-7,10-11,14-15H2,1-2H3/t21-,22+/m1/s1. The SMILES string of the molecule is COc1ccc(C(=O)N2c3nc(-c4cccnc4)nn3C3(CCCCC3)[C@@H]3CCCC[C@@H]32)cc1OC. The average Bonchev–Trinajstić information content (AvgIpc) is 3.40. The van der Waals surface area contributed by atoms with Crippen LogP contribution < -0.4 is 14.4 Å². The zero-order valence-electron chi connectivity index (χ0n) is 21.0. The van der Waals surface area contributed by atoms with E-state index in [1.54, 1.807) is 38.7 Å². The van der Waals surface area contributed by atoms with Crippen molar-refractivity contribution in [3.63, 3.8) is 0 Å². The minimum Gasteiger partial charge on any atom is -0.493 e. The molecule has 36 heavy (non-hydrogen) atoms. The maximum absolute atomic E-state index is 14.2. The maximum atomic E-state index is 14.2. The second kappa shape index (κ2) is 9.22. The molecule has 188 valence electrons. The monoisotopic (exact) mass is 487 g/mol. The summed E-state index contributed by atoms with van der Waals surface area (Å²) >= 11 is 0. The molecule has 3 aliphatic rings. The van der Waals surface area contributed by atoms with Crippen LogP contribution in [0.5, 0.6) is 11.5 Å². The Morgan fingerprint density at radius 2 is 1.81 bits per heavy atom. The van der Waals surface area contributed by atoms with Crippen LogP contribution in [0.15, 0.2) is 42.7 Å². The highest BCUT2D eigenvalue weighted by Gasteiger charge is 2.55. The van der Waals surface area contributed by atoms with Gasteiger partial charge >= 0.3 is 0 Å². The molecule has 3 heterocycles. The third-order valence-corrected chi connectivity index (χ3v) is 8.47. The van der Waals surface area contributed by atoms with E-state index in [2.05, 4.69) is 9.67 Å². The van der Waals surface area contributed by atoms with Crippen molar-refractivity contribution in [2.75, 3.05) is 19.1 Å². The highest BCUT2D eigenvalue weighted by atomic mass is 16.5. The lowest BCUT2D eigenvalue weighted by atomic mass is 9.64. The summed E-state index contributed by atoms with van der Waals surface area (Å²) in [4.78, 5) is 25.5. The number of fused-ring (bicyclic) bond motifs is 4. The Labute approximate surface area is 211 Å². The number of carbonyl (C=O) groups is 1. The molecule has 2 fully saturated rings. The van der Waals surface area contributed by atoms with Gasteiger partial charge in [-0.25, -0.2) is 4.68 Å². The molecule has 0 saturated heterocycles. The average molecular weight is 488 g/mol. The van der Waals surface area contributed by atoms with Gasteiger partial charge in [0.25, 0.3) is 5.91 Å². The van der Waals surface area contributed by atoms with Gasteiger partial charge < -0.3 is 9.47 Å². The van der Waals surface area contributed by atoms with Crippen LogP contribution in [0.25, 0.3) is 11.4 Å². The van der Waals surface area contributed by atoms with Gasteiger partial charge in [0.1, 0.15) is 0 Å². The van der Waals surface area contributed by atoms with Gasteiger partial charge in [0, 0.05) is 35.5 Å². The topological polar surface area (TPSA) is 82.4 Å². The predicted octanol–water partition coefficient (Wildman–Crippen LogP) is 5.24. The third-order valence-electron chi connectivity index (χ3n) is 8.47. The summed E-state index contributed by atoms with van der Waals surface area (Å²) < 4.78 is 13.0. The number of carbonyl (C=O) groups excluding carboxylic acids is 1. The molecule has 2 atom stereocenters. The van der Waals surface area contributed by atoms with Crippen LogP contribution >= 0.6 is 0 Å². The van der Waals surface area contributed by atoms with Gasteiger partial charge in [-0.15, -0.1) is 5.10 Å². The molecule has 0 radical (unpaired) electrons. The van der Waals surface area contributed by atoms with Crippen LogP contribution in [-0.4, -0.2) is 45.9 Å². The van der Waals surface area contributed by atoms with Crippen molar-refractivity contribution in [3.05, 3.63) is 48.3 Å². The van der Waals surface area contributed by atoms with E-state index in [1.807, 2.05) is 23.1 Å². The Morgan fingerprint density at radius 3 is 2.56 bits per heavy atom. The summed E-state index contributed by atoms with van der Waals surface area (Å²) in [6.07, 6.45) is 13.8. The first kappa shape index (κ1) is 23.0. The van der Waals surface area contributed by atoms with E-state index in [0.29, 0.717) is 34.8 Å². The van der Waals surface area contributed by atoms with E-state index in [4.69, 9.17) is 19.6 Å². The summed E-state index contributed by atoms with van der Waals surface area (Å²) in [6.45, 7) is 0. The van der Waals surface area contributed by atoms with Crippen molar-refractivity contribution in [1.82, 2.24) is 19.7 Å². The number of rotatable bonds is 4. The number of pyridine rings is 1. The van der Waals surface area contributed by atoms with Gasteiger partial charge in [0.2, 0.25) is 5.95 Å². The summed E-state index contributed by atoms with van der Waals surface area (Å²) in [5.41, 5.74) is 1.35. The number of anilines is 1. The van der Waals surface area contributed by atoms with Crippen molar-refractivity contribution in [3.8, 4) is 22.9 Å². The molecule has 2 saturated carbocycles. The van der Waals surface area contributed by atoms with Crippen LogP contribution in [0, 0.1) is 5.92 Å². The number of aromatic nitrogens is 4. The quantitative estimate of drug-likeness (QED) is 0.501. The number of nitrogens with zero attached hydrogens (tertiary/aromatic N) is 5. The summed E-state index contributed by atoms with van der Waals surface area (Å²) in [7, 11) is 3.19. The number of hydrogen-bond donors (Lipinski definition) is 0. The Hall–Kier alpha value is -3.42. The first-order valence-electron chi connectivity index (χ1n) is 13.1. The Balaban J connectivity index is 1.52.